The minimum Gasteiger partial charge on any atom is -0.335 e. The van der Waals surface area contributed by atoms with Gasteiger partial charge in [-0.2, -0.15) is 0 Å². The van der Waals surface area contributed by atoms with Gasteiger partial charge in [0.2, 0.25) is 0 Å². The summed E-state index contributed by atoms with van der Waals surface area (Å²) in [6.45, 7) is 22.1. The Bertz CT molecular complexity index is 2470. The first kappa shape index (κ1) is 32.2. The number of aromatic nitrogens is 1. The fourth-order valence-electron chi connectivity index (χ4n) is 10.9. The van der Waals surface area contributed by atoms with E-state index in [1.54, 1.807) is 5.56 Å². The Hall–Kier alpha value is -4.50. The van der Waals surface area contributed by atoms with Gasteiger partial charge in [-0.15, -0.1) is 0 Å². The second kappa shape index (κ2) is 10.3. The molecule has 2 atom stereocenters. The van der Waals surface area contributed by atoms with Crippen LogP contribution in [0.15, 0.2) is 97.1 Å². The van der Waals surface area contributed by atoms with E-state index in [1.807, 2.05) is 0 Å². The standard InChI is InChI=1S/C49H51BN2/c1-30-24-39-42-40(25-30)52-45-36(48(8)22-16-17-23-49(48,52)9)27-34(47(5,6)7)29-38(45)50(42)37-28-33(46(2,3)4)26-35-41(31-18-12-10-13-19-31)43(51(39)44(35)37)32-20-14-11-15-21-32/h10-15,18-21,24-29H,16-17,22-23H2,1-9H3. The molecule has 0 amide bonds. The van der Waals surface area contributed by atoms with Gasteiger partial charge >= 0.3 is 0 Å². The highest BCUT2D eigenvalue weighted by atomic mass is 15.3. The Morgan fingerprint density at radius 3 is 1.92 bits per heavy atom. The van der Waals surface area contributed by atoms with Crippen molar-refractivity contribution >= 4 is 45.4 Å². The van der Waals surface area contributed by atoms with Gasteiger partial charge in [-0.1, -0.05) is 140 Å². The molecule has 0 radical (unpaired) electrons. The SMILES string of the molecule is Cc1cc2c3c(c1)-n1c(-c4ccccc4)c(-c4ccccc4)c4cc(C(C)(C)C)cc(c41)B3c1cc(C(C)(C)C)cc3c1N2C1(C)CCCCC31C. The summed E-state index contributed by atoms with van der Waals surface area (Å²) in [4.78, 5) is 2.88. The highest BCUT2D eigenvalue weighted by Gasteiger charge is 2.61. The molecule has 4 heterocycles. The van der Waals surface area contributed by atoms with Crippen molar-refractivity contribution in [3.63, 3.8) is 0 Å². The third-order valence-electron chi connectivity index (χ3n) is 13.8. The largest absolute Gasteiger partial charge is 0.335 e. The molecule has 0 spiro atoms. The van der Waals surface area contributed by atoms with Gasteiger partial charge in [-0.3, -0.25) is 0 Å². The Morgan fingerprint density at radius 1 is 0.654 bits per heavy atom. The number of anilines is 2. The Kier molecular flexibility index (Phi) is 6.40. The van der Waals surface area contributed by atoms with E-state index in [-0.39, 0.29) is 28.5 Å². The molecule has 260 valence electrons. The van der Waals surface area contributed by atoms with Crippen molar-refractivity contribution in [3.8, 4) is 28.1 Å². The van der Waals surface area contributed by atoms with Gasteiger partial charge in [0, 0.05) is 38.9 Å². The van der Waals surface area contributed by atoms with Crippen LogP contribution in [0.2, 0.25) is 0 Å². The lowest BCUT2D eigenvalue weighted by Gasteiger charge is -2.52. The number of hydrogen-bond acceptors (Lipinski definition) is 1. The molecule has 6 aromatic rings. The first-order chi connectivity index (χ1) is 24.7. The van der Waals surface area contributed by atoms with Crippen LogP contribution >= 0.6 is 0 Å². The number of nitrogens with zero attached hydrogens (tertiary/aromatic N) is 2. The molecule has 5 aromatic carbocycles. The fourth-order valence-corrected chi connectivity index (χ4v) is 10.9. The predicted octanol–water partition coefficient (Wildman–Crippen LogP) is 10.8. The Labute approximate surface area is 311 Å². The van der Waals surface area contributed by atoms with E-state index < -0.39 is 0 Å². The van der Waals surface area contributed by atoms with E-state index in [4.69, 9.17) is 0 Å². The molecule has 4 aliphatic rings. The molecular weight excluding hydrogens is 627 g/mol. The molecule has 0 saturated heterocycles. The maximum absolute atomic E-state index is 2.88. The van der Waals surface area contributed by atoms with Crippen molar-refractivity contribution in [2.75, 3.05) is 4.90 Å². The van der Waals surface area contributed by atoms with Crippen LogP contribution in [-0.2, 0) is 16.2 Å². The summed E-state index contributed by atoms with van der Waals surface area (Å²) in [5, 5.41) is 1.36. The average Bonchev–Trinajstić information content (AvgIpc) is 3.56. The van der Waals surface area contributed by atoms with Gasteiger partial charge in [0.1, 0.15) is 0 Å². The maximum Gasteiger partial charge on any atom is 0.252 e. The lowest BCUT2D eigenvalue weighted by molar-refractivity contribution is 0.195. The predicted molar refractivity (Wildman–Crippen MR) is 224 cm³/mol. The van der Waals surface area contributed by atoms with Crippen molar-refractivity contribution < 1.29 is 0 Å². The van der Waals surface area contributed by atoms with E-state index in [1.165, 1.54) is 109 Å². The number of benzene rings is 5. The van der Waals surface area contributed by atoms with Gasteiger partial charge in [0.05, 0.1) is 11.2 Å². The average molecular weight is 679 g/mol. The monoisotopic (exact) mass is 678 g/mol. The minimum atomic E-state index is -0.0180. The quantitative estimate of drug-likeness (QED) is 0.165. The van der Waals surface area contributed by atoms with Crippen molar-refractivity contribution in [2.24, 2.45) is 0 Å². The van der Waals surface area contributed by atoms with Crippen LogP contribution in [0.25, 0.3) is 39.0 Å². The molecule has 2 nitrogen and oxygen atoms in total. The molecule has 0 bridgehead atoms. The van der Waals surface area contributed by atoms with Crippen molar-refractivity contribution in [1.82, 2.24) is 4.57 Å². The fraction of sp³-hybridized carbons (Fsp3) is 0.347. The molecule has 3 aliphatic heterocycles. The second-order valence-corrected chi connectivity index (χ2v) is 19.0. The Morgan fingerprint density at radius 2 is 1.25 bits per heavy atom. The smallest absolute Gasteiger partial charge is 0.252 e. The molecule has 3 heteroatoms. The summed E-state index contributed by atoms with van der Waals surface area (Å²) < 4.78 is 2.69. The molecule has 1 aliphatic carbocycles. The first-order valence-electron chi connectivity index (χ1n) is 19.7. The summed E-state index contributed by atoms with van der Waals surface area (Å²) in [6.07, 6.45) is 5.03. The van der Waals surface area contributed by atoms with Crippen LogP contribution in [0, 0.1) is 6.92 Å². The lowest BCUT2D eigenvalue weighted by Crippen LogP contribution is -2.64. The summed E-state index contributed by atoms with van der Waals surface area (Å²) >= 11 is 0. The van der Waals surface area contributed by atoms with Crippen LogP contribution in [0.3, 0.4) is 0 Å². The van der Waals surface area contributed by atoms with Crippen LogP contribution in [0.4, 0.5) is 11.4 Å². The number of aryl methyl sites for hydroxylation is 1. The van der Waals surface area contributed by atoms with Crippen LogP contribution in [0.5, 0.6) is 0 Å². The third-order valence-corrected chi connectivity index (χ3v) is 13.8. The third kappa shape index (κ3) is 4.03. The second-order valence-electron chi connectivity index (χ2n) is 19.0. The molecule has 1 fully saturated rings. The van der Waals surface area contributed by atoms with E-state index in [9.17, 15) is 0 Å². The number of rotatable bonds is 2. The molecule has 1 aromatic heterocycles. The van der Waals surface area contributed by atoms with Crippen molar-refractivity contribution in [1.29, 1.82) is 0 Å². The molecule has 10 rings (SSSR count). The van der Waals surface area contributed by atoms with Crippen molar-refractivity contribution in [3.05, 3.63) is 119 Å². The highest BCUT2D eigenvalue weighted by molar-refractivity contribution is 7.00. The minimum absolute atomic E-state index is 0.00236. The van der Waals surface area contributed by atoms with Gasteiger partial charge in [-0.05, 0) is 105 Å². The normalized spacial score (nSPS) is 21.3. The summed E-state index contributed by atoms with van der Waals surface area (Å²) in [5.41, 5.74) is 21.2. The van der Waals surface area contributed by atoms with E-state index in [0.29, 0.717) is 0 Å². The summed E-state index contributed by atoms with van der Waals surface area (Å²) in [5.74, 6) is 0. The highest BCUT2D eigenvalue weighted by Crippen LogP contribution is 2.62. The van der Waals surface area contributed by atoms with E-state index in [0.717, 1.165) is 0 Å². The van der Waals surface area contributed by atoms with Gasteiger partial charge in [0.15, 0.2) is 0 Å². The first-order valence-corrected chi connectivity index (χ1v) is 19.7. The topological polar surface area (TPSA) is 8.17 Å². The zero-order valence-corrected chi connectivity index (χ0v) is 32.5. The van der Waals surface area contributed by atoms with Gasteiger partial charge < -0.3 is 9.47 Å². The zero-order chi connectivity index (χ0) is 36.1. The van der Waals surface area contributed by atoms with Crippen LogP contribution < -0.4 is 21.3 Å². The Balaban J connectivity index is 1.44. The maximum atomic E-state index is 2.88. The number of hydrogen-bond donors (Lipinski definition) is 0. The molecule has 2 unspecified atom stereocenters. The summed E-state index contributed by atoms with van der Waals surface area (Å²) in [6, 6.07) is 37.8. The van der Waals surface area contributed by atoms with Crippen LogP contribution in [-0.4, -0.2) is 16.8 Å². The lowest BCUT2D eigenvalue weighted by atomic mass is 9.33. The molecule has 0 N–H and O–H groups in total. The molecular formula is C49H51BN2. The molecule has 52 heavy (non-hydrogen) atoms. The van der Waals surface area contributed by atoms with Gasteiger partial charge in [0.25, 0.3) is 6.71 Å². The zero-order valence-electron chi connectivity index (χ0n) is 32.5. The van der Waals surface area contributed by atoms with Gasteiger partial charge in [-0.25, -0.2) is 0 Å². The van der Waals surface area contributed by atoms with E-state index >= 15 is 0 Å². The van der Waals surface area contributed by atoms with Crippen molar-refractivity contribution in [2.45, 2.75) is 110 Å². The summed E-state index contributed by atoms with van der Waals surface area (Å²) in [7, 11) is 0. The molecule has 1 saturated carbocycles. The number of fused-ring (bicyclic) bond motifs is 7. The van der Waals surface area contributed by atoms with Crippen LogP contribution in [0.1, 0.15) is 103 Å². The van der Waals surface area contributed by atoms with E-state index in [2.05, 4.69) is 169 Å².